The number of guanidine groups is 1. The smallest absolute Gasteiger partial charge is 0.186 e. The number of aldehydes is 1. The molecule has 1 rings (SSSR count). The summed E-state index contributed by atoms with van der Waals surface area (Å²) in [4.78, 5) is 19.8. The number of carbonyl (C=O) groups excluding carboxylic acids is 1. The lowest BCUT2D eigenvalue weighted by molar-refractivity contribution is -0.110. The van der Waals surface area contributed by atoms with E-state index in [1.54, 1.807) is 12.3 Å². The van der Waals surface area contributed by atoms with E-state index in [4.69, 9.17) is 16.2 Å². The average Bonchev–Trinajstić information content (AvgIpc) is 2.46. The predicted octanol–water partition coefficient (Wildman–Crippen LogP) is 1.25. The van der Waals surface area contributed by atoms with Gasteiger partial charge in [0.25, 0.3) is 0 Å². The van der Waals surface area contributed by atoms with E-state index in [0.29, 0.717) is 12.2 Å². The third-order valence-corrected chi connectivity index (χ3v) is 4.09. The van der Waals surface area contributed by atoms with Crippen molar-refractivity contribution in [3.8, 4) is 0 Å². The van der Waals surface area contributed by atoms with E-state index >= 15 is 0 Å². The van der Waals surface area contributed by atoms with E-state index in [-0.39, 0.29) is 35.8 Å². The van der Waals surface area contributed by atoms with Gasteiger partial charge in [0.1, 0.15) is 18.2 Å². The van der Waals surface area contributed by atoms with Gasteiger partial charge in [-0.05, 0) is 31.1 Å². The van der Waals surface area contributed by atoms with Crippen molar-refractivity contribution in [1.82, 2.24) is 0 Å². The van der Waals surface area contributed by atoms with E-state index in [1.165, 1.54) is 0 Å². The van der Waals surface area contributed by atoms with E-state index in [0.717, 1.165) is 6.42 Å². The lowest BCUT2D eigenvalue weighted by Crippen LogP contribution is -2.46. The second-order valence-corrected chi connectivity index (χ2v) is 5.46. The number of carbonyl (C=O) groups is 1. The van der Waals surface area contributed by atoms with Gasteiger partial charge in [-0.3, -0.25) is 9.79 Å². The van der Waals surface area contributed by atoms with Gasteiger partial charge >= 0.3 is 0 Å². The van der Waals surface area contributed by atoms with E-state index in [2.05, 4.69) is 30.8 Å². The average molecular weight is 294 g/mol. The molecule has 0 spiro atoms. The molecule has 6 heteroatoms. The molecule has 0 aromatic carbocycles. The summed E-state index contributed by atoms with van der Waals surface area (Å²) < 4.78 is 5.83. The second kappa shape index (κ2) is 7.81. The zero-order valence-corrected chi connectivity index (χ0v) is 13.2. The van der Waals surface area contributed by atoms with Crippen LogP contribution in [-0.2, 0) is 9.53 Å². The molecule has 0 aliphatic carbocycles. The first-order chi connectivity index (χ1) is 9.94. The van der Waals surface area contributed by atoms with Crippen LogP contribution in [-0.4, -0.2) is 36.6 Å². The van der Waals surface area contributed by atoms with Crippen molar-refractivity contribution in [2.24, 2.45) is 33.3 Å². The van der Waals surface area contributed by atoms with Crippen LogP contribution in [0.2, 0.25) is 0 Å². The number of nitrogens with zero attached hydrogens (tertiary/aromatic N) is 2. The minimum absolute atomic E-state index is 0.0188. The number of nitrogens with two attached hydrogens (primary N) is 2. The zero-order valence-electron chi connectivity index (χ0n) is 13.2. The summed E-state index contributed by atoms with van der Waals surface area (Å²) in [6.45, 7) is 8.25. The number of allylic oxidation sites excluding steroid dienone is 1. The summed E-state index contributed by atoms with van der Waals surface area (Å²) in [7, 11) is 0. The van der Waals surface area contributed by atoms with Gasteiger partial charge in [-0.25, -0.2) is 4.99 Å². The molecule has 0 saturated heterocycles. The highest BCUT2D eigenvalue weighted by Crippen LogP contribution is 2.31. The minimum Gasteiger partial charge on any atom is -0.485 e. The van der Waals surface area contributed by atoms with Gasteiger partial charge < -0.3 is 16.2 Å². The SMILES string of the molecule is CC=N[C@H]1[C@H]([C@H](C)[C@H](C)CC)OC(C=O)=C[C@@H]1N=C(N)N. The molecule has 6 nitrogen and oxygen atoms in total. The van der Waals surface area contributed by atoms with Crippen molar-refractivity contribution in [3.63, 3.8) is 0 Å². The number of hydrogen-bond acceptors (Lipinski definition) is 4. The molecule has 0 aromatic rings. The molecule has 1 aliphatic rings. The van der Waals surface area contributed by atoms with Crippen molar-refractivity contribution in [3.05, 3.63) is 11.8 Å². The van der Waals surface area contributed by atoms with E-state index < -0.39 is 0 Å². The van der Waals surface area contributed by atoms with E-state index in [9.17, 15) is 4.79 Å². The van der Waals surface area contributed by atoms with Gasteiger partial charge in [0.15, 0.2) is 18.0 Å². The Kier molecular flexibility index (Phi) is 6.39. The summed E-state index contributed by atoms with van der Waals surface area (Å²) >= 11 is 0. The Labute approximate surface area is 126 Å². The van der Waals surface area contributed by atoms with Crippen molar-refractivity contribution >= 4 is 18.5 Å². The maximum atomic E-state index is 11.1. The minimum atomic E-state index is -0.378. The van der Waals surface area contributed by atoms with Crippen LogP contribution >= 0.6 is 0 Å². The fourth-order valence-electron chi connectivity index (χ4n) is 2.54. The van der Waals surface area contributed by atoms with Crippen LogP contribution in [0, 0.1) is 11.8 Å². The van der Waals surface area contributed by atoms with Crippen LogP contribution in [0.1, 0.15) is 34.1 Å². The van der Waals surface area contributed by atoms with Crippen LogP contribution in [0.15, 0.2) is 21.8 Å². The fourth-order valence-corrected chi connectivity index (χ4v) is 2.54. The first-order valence-electron chi connectivity index (χ1n) is 7.34. The van der Waals surface area contributed by atoms with Crippen molar-refractivity contribution in [1.29, 1.82) is 0 Å². The standard InChI is InChI=1S/C15H26N4O2/c1-5-9(3)10(4)14-13(18-6-2)12(19-15(16)17)7-11(8-20)21-14/h6-10,12-14H,5H2,1-4H3,(H4,16,17,19)/t9-,10-,12+,13-,14+/m1/s1. The zero-order chi connectivity index (χ0) is 16.0. The highest BCUT2D eigenvalue weighted by Gasteiger charge is 2.39. The second-order valence-electron chi connectivity index (χ2n) is 5.46. The molecule has 5 atom stereocenters. The third-order valence-electron chi connectivity index (χ3n) is 4.09. The van der Waals surface area contributed by atoms with Crippen molar-refractivity contribution in [2.75, 3.05) is 0 Å². The van der Waals surface area contributed by atoms with Gasteiger partial charge in [0, 0.05) is 0 Å². The first-order valence-corrected chi connectivity index (χ1v) is 7.34. The molecular weight excluding hydrogens is 268 g/mol. The lowest BCUT2D eigenvalue weighted by Gasteiger charge is -2.37. The first kappa shape index (κ1) is 17.2. The van der Waals surface area contributed by atoms with Crippen LogP contribution < -0.4 is 11.5 Å². The van der Waals surface area contributed by atoms with Gasteiger partial charge in [0.05, 0.1) is 0 Å². The van der Waals surface area contributed by atoms with E-state index in [1.807, 2.05) is 6.92 Å². The topological polar surface area (TPSA) is 103 Å². The molecule has 1 aliphatic heterocycles. The highest BCUT2D eigenvalue weighted by atomic mass is 16.5. The molecule has 4 N–H and O–H groups in total. The summed E-state index contributed by atoms with van der Waals surface area (Å²) in [5, 5.41) is 0. The normalized spacial score (nSPS) is 28.4. The predicted molar refractivity (Wildman–Crippen MR) is 85.2 cm³/mol. The Morgan fingerprint density at radius 1 is 1.48 bits per heavy atom. The summed E-state index contributed by atoms with van der Waals surface area (Å²) in [6, 6.07) is -0.610. The molecule has 0 saturated carbocycles. The van der Waals surface area contributed by atoms with Gasteiger partial charge in [-0.1, -0.05) is 27.2 Å². The Bertz CT molecular complexity index is 441. The van der Waals surface area contributed by atoms with Crippen LogP contribution in [0.3, 0.4) is 0 Å². The molecule has 1 heterocycles. The number of ether oxygens (including phenoxy) is 1. The molecule has 0 aromatic heterocycles. The summed E-state index contributed by atoms with van der Waals surface area (Å²) in [5.74, 6) is 0.918. The molecule has 0 fully saturated rings. The maximum absolute atomic E-state index is 11.1. The summed E-state index contributed by atoms with van der Waals surface area (Å²) in [5.41, 5.74) is 11.0. The molecule has 118 valence electrons. The molecule has 0 amide bonds. The summed E-state index contributed by atoms with van der Waals surface area (Å²) in [6.07, 6.45) is 4.84. The van der Waals surface area contributed by atoms with Crippen molar-refractivity contribution in [2.45, 2.75) is 52.3 Å². The van der Waals surface area contributed by atoms with Crippen LogP contribution in [0.5, 0.6) is 0 Å². The number of rotatable bonds is 6. The largest absolute Gasteiger partial charge is 0.485 e. The molecule has 0 unspecified atom stereocenters. The Hall–Kier alpha value is -1.85. The van der Waals surface area contributed by atoms with Crippen molar-refractivity contribution < 1.29 is 9.53 Å². The number of hydrogen-bond donors (Lipinski definition) is 2. The van der Waals surface area contributed by atoms with Gasteiger partial charge in [0.2, 0.25) is 0 Å². The molecular formula is C15H26N4O2. The molecule has 0 radical (unpaired) electrons. The number of aliphatic imine (C=N–C) groups is 2. The van der Waals surface area contributed by atoms with Gasteiger partial charge in [-0.2, -0.15) is 0 Å². The Balaban J connectivity index is 3.19. The van der Waals surface area contributed by atoms with Crippen LogP contribution in [0.25, 0.3) is 0 Å². The fraction of sp³-hybridized carbons (Fsp3) is 0.667. The van der Waals surface area contributed by atoms with Gasteiger partial charge in [-0.15, -0.1) is 0 Å². The lowest BCUT2D eigenvalue weighted by atomic mass is 9.82. The quantitative estimate of drug-likeness (QED) is 0.437. The Morgan fingerprint density at radius 2 is 2.14 bits per heavy atom. The Morgan fingerprint density at radius 3 is 2.62 bits per heavy atom. The maximum Gasteiger partial charge on any atom is 0.186 e. The molecule has 0 bridgehead atoms. The molecule has 21 heavy (non-hydrogen) atoms. The van der Waals surface area contributed by atoms with Crippen LogP contribution in [0.4, 0.5) is 0 Å². The monoisotopic (exact) mass is 294 g/mol. The highest BCUT2D eigenvalue weighted by molar-refractivity contribution is 5.76. The third kappa shape index (κ3) is 4.31.